The SMILES string of the molecule is C=C(C)C(=O)OP(=O)(O)OCCC=O. The first-order chi connectivity index (χ1) is 6.39. The average Bonchev–Trinajstić information content (AvgIpc) is 2.03. The molecule has 0 amide bonds. The second-order valence-electron chi connectivity index (χ2n) is 2.42. The lowest BCUT2D eigenvalue weighted by molar-refractivity contribution is -0.131. The molecule has 1 unspecified atom stereocenters. The van der Waals surface area contributed by atoms with Gasteiger partial charge in [-0.2, -0.15) is 0 Å². The number of aldehydes is 1. The number of hydrogen-bond donors (Lipinski definition) is 1. The van der Waals surface area contributed by atoms with E-state index in [1.165, 1.54) is 6.92 Å². The molecule has 0 saturated heterocycles. The molecule has 0 saturated carbocycles. The first-order valence-corrected chi connectivity index (χ1v) is 5.19. The number of hydrogen-bond acceptors (Lipinski definition) is 5. The van der Waals surface area contributed by atoms with Crippen molar-refractivity contribution in [1.29, 1.82) is 0 Å². The zero-order chi connectivity index (χ0) is 11.2. The molecule has 7 heteroatoms. The monoisotopic (exact) mass is 222 g/mol. The second kappa shape index (κ2) is 5.70. The summed E-state index contributed by atoms with van der Waals surface area (Å²) in [5.41, 5.74) is -0.0155. The van der Waals surface area contributed by atoms with Gasteiger partial charge in [-0.05, 0) is 6.92 Å². The van der Waals surface area contributed by atoms with Gasteiger partial charge in [-0.25, -0.2) is 9.36 Å². The maximum atomic E-state index is 10.9. The van der Waals surface area contributed by atoms with Gasteiger partial charge in [0.05, 0.1) is 6.61 Å². The third-order valence-electron chi connectivity index (χ3n) is 1.04. The minimum atomic E-state index is -4.40. The number of carbonyl (C=O) groups excluding carboxylic acids is 2. The van der Waals surface area contributed by atoms with E-state index in [2.05, 4.69) is 15.6 Å². The maximum Gasteiger partial charge on any atom is 0.529 e. The summed E-state index contributed by atoms with van der Waals surface area (Å²) in [7, 11) is -4.40. The molecule has 0 aliphatic carbocycles. The van der Waals surface area contributed by atoms with Gasteiger partial charge in [0.1, 0.15) is 6.29 Å². The lowest BCUT2D eigenvalue weighted by Gasteiger charge is -2.10. The number of phosphoric acid groups is 1. The molecule has 0 spiro atoms. The quantitative estimate of drug-likeness (QED) is 0.309. The van der Waals surface area contributed by atoms with Crippen molar-refractivity contribution in [3.8, 4) is 0 Å². The van der Waals surface area contributed by atoms with Gasteiger partial charge in [0, 0.05) is 12.0 Å². The van der Waals surface area contributed by atoms with Crippen LogP contribution in [0, 0.1) is 0 Å². The van der Waals surface area contributed by atoms with E-state index in [0.717, 1.165) is 0 Å². The highest BCUT2D eigenvalue weighted by molar-refractivity contribution is 7.48. The Kier molecular flexibility index (Phi) is 5.30. The summed E-state index contributed by atoms with van der Waals surface area (Å²) in [6.07, 6.45) is 0.468. The maximum absolute atomic E-state index is 10.9. The van der Waals surface area contributed by atoms with Crippen LogP contribution in [-0.2, 0) is 23.2 Å². The Labute approximate surface area is 81.1 Å². The van der Waals surface area contributed by atoms with Gasteiger partial charge in [-0.15, -0.1) is 0 Å². The Balaban J connectivity index is 4.07. The summed E-state index contributed by atoms with van der Waals surface area (Å²) in [5.74, 6) is -1.01. The molecule has 0 heterocycles. The molecule has 14 heavy (non-hydrogen) atoms. The summed E-state index contributed by atoms with van der Waals surface area (Å²) in [5, 5.41) is 0. The van der Waals surface area contributed by atoms with Crippen molar-refractivity contribution in [3.05, 3.63) is 12.2 Å². The van der Waals surface area contributed by atoms with Crippen LogP contribution >= 0.6 is 7.82 Å². The molecule has 0 rings (SSSR count). The van der Waals surface area contributed by atoms with E-state index >= 15 is 0 Å². The molecule has 0 bridgehead atoms. The Morgan fingerprint density at radius 1 is 1.64 bits per heavy atom. The van der Waals surface area contributed by atoms with Crippen LogP contribution in [-0.4, -0.2) is 23.8 Å². The normalized spacial score (nSPS) is 14.1. The van der Waals surface area contributed by atoms with E-state index in [9.17, 15) is 14.2 Å². The highest BCUT2D eigenvalue weighted by Gasteiger charge is 2.25. The van der Waals surface area contributed by atoms with Crippen molar-refractivity contribution in [1.82, 2.24) is 0 Å². The molecule has 0 radical (unpaired) electrons. The largest absolute Gasteiger partial charge is 0.529 e. The van der Waals surface area contributed by atoms with Crippen molar-refractivity contribution in [2.45, 2.75) is 13.3 Å². The molecule has 6 nitrogen and oxygen atoms in total. The summed E-state index contributed by atoms with van der Waals surface area (Å²) >= 11 is 0. The van der Waals surface area contributed by atoms with E-state index in [4.69, 9.17) is 4.89 Å². The van der Waals surface area contributed by atoms with Crippen LogP contribution in [0.4, 0.5) is 0 Å². The minimum Gasteiger partial charge on any atom is -0.367 e. The fraction of sp³-hybridized carbons (Fsp3) is 0.429. The van der Waals surface area contributed by atoms with Crippen molar-refractivity contribution >= 4 is 20.1 Å². The first-order valence-electron chi connectivity index (χ1n) is 3.69. The van der Waals surface area contributed by atoms with Crippen molar-refractivity contribution in [3.63, 3.8) is 0 Å². The van der Waals surface area contributed by atoms with Crippen LogP contribution in [0.1, 0.15) is 13.3 Å². The predicted octanol–water partition coefficient (Wildman–Crippen LogP) is 0.812. The second-order valence-corrected chi connectivity index (χ2v) is 3.79. The molecule has 0 aromatic rings. The van der Waals surface area contributed by atoms with Gasteiger partial charge in [-0.1, -0.05) is 6.58 Å². The summed E-state index contributed by atoms with van der Waals surface area (Å²) in [6, 6.07) is 0. The van der Waals surface area contributed by atoms with Crippen LogP contribution in [0.25, 0.3) is 0 Å². The molecule has 80 valence electrons. The van der Waals surface area contributed by atoms with Crippen molar-refractivity contribution < 1.29 is 28.1 Å². The Morgan fingerprint density at radius 3 is 2.64 bits per heavy atom. The van der Waals surface area contributed by atoms with Gasteiger partial charge >= 0.3 is 13.8 Å². The molecule has 0 aliphatic heterocycles. The number of rotatable bonds is 6. The summed E-state index contributed by atoms with van der Waals surface area (Å²) in [6.45, 7) is 4.27. The van der Waals surface area contributed by atoms with E-state index < -0.39 is 13.8 Å². The molecule has 0 aromatic heterocycles. The van der Waals surface area contributed by atoms with Crippen LogP contribution in [0.5, 0.6) is 0 Å². The fourth-order valence-electron chi connectivity index (χ4n) is 0.425. The number of carbonyl (C=O) groups is 2. The van der Waals surface area contributed by atoms with E-state index in [1.54, 1.807) is 0 Å². The van der Waals surface area contributed by atoms with Gasteiger partial charge in [-0.3, -0.25) is 9.42 Å². The molecular weight excluding hydrogens is 211 g/mol. The highest BCUT2D eigenvalue weighted by Crippen LogP contribution is 2.43. The number of phosphoric ester groups is 1. The summed E-state index contributed by atoms with van der Waals surface area (Å²) < 4.78 is 19.3. The van der Waals surface area contributed by atoms with E-state index in [1.807, 2.05) is 0 Å². The zero-order valence-electron chi connectivity index (χ0n) is 7.63. The van der Waals surface area contributed by atoms with Gasteiger partial charge < -0.3 is 9.32 Å². The van der Waals surface area contributed by atoms with Gasteiger partial charge in [0.2, 0.25) is 0 Å². The standard InChI is InChI=1S/C7H11O6P/c1-6(2)7(9)13-14(10,11)12-5-3-4-8/h4H,1,3,5H2,2H3,(H,10,11). The Morgan fingerprint density at radius 2 is 2.21 bits per heavy atom. The molecule has 0 fully saturated rings. The third-order valence-corrected chi connectivity index (χ3v) is 1.94. The molecular formula is C7H11O6P. The molecule has 0 aromatic carbocycles. The topological polar surface area (TPSA) is 89.9 Å². The van der Waals surface area contributed by atoms with Gasteiger partial charge in [0.25, 0.3) is 0 Å². The third kappa shape index (κ3) is 5.64. The molecule has 1 N–H and O–H groups in total. The van der Waals surface area contributed by atoms with Crippen molar-refractivity contribution in [2.24, 2.45) is 0 Å². The van der Waals surface area contributed by atoms with Crippen LogP contribution < -0.4 is 0 Å². The lowest BCUT2D eigenvalue weighted by Crippen LogP contribution is -2.05. The fourth-order valence-corrected chi connectivity index (χ4v) is 1.18. The van der Waals surface area contributed by atoms with E-state index in [-0.39, 0.29) is 18.6 Å². The zero-order valence-corrected chi connectivity index (χ0v) is 8.53. The predicted molar refractivity (Wildman–Crippen MR) is 47.4 cm³/mol. The van der Waals surface area contributed by atoms with Crippen molar-refractivity contribution in [2.75, 3.05) is 6.61 Å². The Hall–Kier alpha value is -0.970. The van der Waals surface area contributed by atoms with E-state index in [0.29, 0.717) is 6.29 Å². The highest BCUT2D eigenvalue weighted by atomic mass is 31.2. The molecule has 0 aliphatic rings. The van der Waals surface area contributed by atoms with Gasteiger partial charge in [0.15, 0.2) is 0 Å². The summed E-state index contributed by atoms with van der Waals surface area (Å²) in [4.78, 5) is 29.5. The smallest absolute Gasteiger partial charge is 0.367 e. The van der Waals surface area contributed by atoms with Crippen LogP contribution in [0.3, 0.4) is 0 Å². The molecule has 1 atom stereocenters. The average molecular weight is 222 g/mol. The minimum absolute atomic E-state index is 0.0155. The lowest BCUT2D eigenvalue weighted by atomic mass is 10.4. The van der Waals surface area contributed by atoms with Crippen LogP contribution in [0.2, 0.25) is 0 Å². The first kappa shape index (κ1) is 13.0. The van der Waals surface area contributed by atoms with Crippen LogP contribution in [0.15, 0.2) is 12.2 Å². The Bertz CT molecular complexity index is 284.